The lowest BCUT2D eigenvalue weighted by atomic mass is 15.9. The van der Waals surface area contributed by atoms with Crippen LogP contribution in [0.5, 0.6) is 0 Å². The molecule has 0 aliphatic heterocycles. The molecule has 3 N–H and O–H groups in total. The number of rotatable bonds is 1. The summed E-state index contributed by atoms with van der Waals surface area (Å²) in [5.41, 5.74) is -3.34. The van der Waals surface area contributed by atoms with Gasteiger partial charge in [-0.05, 0) is 11.8 Å². The van der Waals surface area contributed by atoms with E-state index in [9.17, 15) is 0 Å². The van der Waals surface area contributed by atoms with Crippen molar-refractivity contribution in [2.45, 2.75) is 0 Å². The van der Waals surface area contributed by atoms with E-state index in [-0.39, 0.29) is 11.7 Å². The van der Waals surface area contributed by atoms with Gasteiger partial charge in [-0.25, -0.2) is 0 Å². The molecule has 0 amide bonds. The lowest BCUT2D eigenvalue weighted by molar-refractivity contribution is 0.497. The van der Waals surface area contributed by atoms with Crippen LogP contribution in [-0.4, -0.2) is 14.3 Å². The second kappa shape index (κ2) is 2.26. The molecule has 0 aromatic carbocycles. The highest BCUT2D eigenvalue weighted by Crippen LogP contribution is 2.47. The topological polar surface area (TPSA) is 60.7 Å². The minimum Gasteiger partial charge on any atom is -0.336 e. The van der Waals surface area contributed by atoms with Crippen molar-refractivity contribution in [1.82, 2.24) is 0 Å². The van der Waals surface area contributed by atoms with Gasteiger partial charge in [0.05, 0.1) is 11.7 Å². The summed E-state index contributed by atoms with van der Waals surface area (Å²) < 4.78 is 7.76. The molecule has 6 heavy (non-hydrogen) atoms. The predicted molar refractivity (Wildman–Crippen MR) is 28.9 cm³/mol. The van der Waals surface area contributed by atoms with Crippen LogP contribution >= 0.6 is 17.4 Å². The molecule has 0 fully saturated rings. The summed E-state index contributed by atoms with van der Waals surface area (Å²) in [6.07, 6.45) is 0. The highest BCUT2D eigenvalue weighted by molar-refractivity contribution is 8.65. The SMILES string of the molecule is OSP(O)(O)=S. The summed E-state index contributed by atoms with van der Waals surface area (Å²) >= 11 is 3.84. The molecule has 0 atom stereocenters. The highest BCUT2D eigenvalue weighted by Gasteiger charge is 2.02. The standard InChI is InChI=1S/H3O3PS2/c1-4(2,5)6-3/h3H,(H2,1,2,5). The molecule has 0 unspecified atom stereocenters. The van der Waals surface area contributed by atoms with Crippen molar-refractivity contribution >= 4 is 29.2 Å². The maximum atomic E-state index is 8.02. The van der Waals surface area contributed by atoms with Gasteiger partial charge in [-0.1, -0.05) is 0 Å². The van der Waals surface area contributed by atoms with E-state index in [0.717, 1.165) is 0 Å². The van der Waals surface area contributed by atoms with E-state index in [2.05, 4.69) is 11.8 Å². The minimum absolute atomic E-state index is 0.0810. The van der Waals surface area contributed by atoms with Crippen molar-refractivity contribution in [3.63, 3.8) is 0 Å². The van der Waals surface area contributed by atoms with Crippen molar-refractivity contribution in [2.75, 3.05) is 0 Å². The summed E-state index contributed by atoms with van der Waals surface area (Å²) in [6, 6.07) is 0. The zero-order valence-electron chi connectivity index (χ0n) is 2.61. The first kappa shape index (κ1) is 6.88. The first-order valence-electron chi connectivity index (χ1n) is 0.948. The van der Waals surface area contributed by atoms with Gasteiger partial charge < -0.3 is 14.3 Å². The molecule has 0 spiro atoms. The number of hydrogen-bond donors (Lipinski definition) is 3. The molecular weight excluding hydrogens is 143 g/mol. The van der Waals surface area contributed by atoms with Gasteiger partial charge in [0.15, 0.2) is 0 Å². The first-order valence-corrected chi connectivity index (χ1v) is 5.03. The lowest BCUT2D eigenvalue weighted by Gasteiger charge is -1.94. The van der Waals surface area contributed by atoms with Crippen molar-refractivity contribution in [3.05, 3.63) is 0 Å². The molecule has 0 aromatic rings. The van der Waals surface area contributed by atoms with Gasteiger partial charge in [0.2, 0.25) is 0 Å². The van der Waals surface area contributed by atoms with Crippen LogP contribution in [0.1, 0.15) is 0 Å². The molecule has 0 heterocycles. The summed E-state index contributed by atoms with van der Waals surface area (Å²) in [5.74, 6) is 0. The van der Waals surface area contributed by atoms with Crippen molar-refractivity contribution < 1.29 is 14.3 Å². The average molecular weight is 146 g/mol. The van der Waals surface area contributed by atoms with Crippen molar-refractivity contribution in [2.24, 2.45) is 0 Å². The molecule has 38 valence electrons. The fourth-order valence-electron chi connectivity index (χ4n) is 0. The maximum Gasteiger partial charge on any atom is 0.268 e. The van der Waals surface area contributed by atoms with Crippen molar-refractivity contribution in [3.8, 4) is 0 Å². The third-order valence-electron chi connectivity index (χ3n) is 0.106. The smallest absolute Gasteiger partial charge is 0.268 e. The molecule has 0 radical (unpaired) electrons. The lowest BCUT2D eigenvalue weighted by Crippen LogP contribution is -1.62. The zero-order valence-corrected chi connectivity index (χ0v) is 5.13. The van der Waals surface area contributed by atoms with Crippen LogP contribution in [0.15, 0.2) is 0 Å². The van der Waals surface area contributed by atoms with Gasteiger partial charge in [-0.2, -0.15) is 0 Å². The molecule has 0 rings (SSSR count). The van der Waals surface area contributed by atoms with E-state index < -0.39 is 5.69 Å². The van der Waals surface area contributed by atoms with Gasteiger partial charge in [-0.15, -0.1) is 0 Å². The quantitative estimate of drug-likeness (QED) is 0.369. The average Bonchev–Trinajstić information content (AvgIpc) is 1.35. The Labute approximate surface area is 44.1 Å². The Morgan fingerprint density at radius 3 is 1.67 bits per heavy atom. The molecule has 3 nitrogen and oxygen atoms in total. The van der Waals surface area contributed by atoms with Gasteiger partial charge in [0, 0.05) is 0 Å². The molecule has 0 aliphatic carbocycles. The third kappa shape index (κ3) is 4.88. The Bertz CT molecular complexity index is 72.9. The van der Waals surface area contributed by atoms with Crippen LogP contribution in [0.3, 0.4) is 0 Å². The Morgan fingerprint density at radius 2 is 1.67 bits per heavy atom. The highest BCUT2D eigenvalue weighted by atomic mass is 32.9. The van der Waals surface area contributed by atoms with E-state index in [4.69, 9.17) is 14.3 Å². The summed E-state index contributed by atoms with van der Waals surface area (Å²) in [5, 5.41) is 0. The monoisotopic (exact) mass is 146 g/mol. The van der Waals surface area contributed by atoms with Gasteiger partial charge in [0.25, 0.3) is 5.69 Å². The fourth-order valence-corrected chi connectivity index (χ4v) is 0. The molecular formula is H3O3PS2. The van der Waals surface area contributed by atoms with E-state index in [0.29, 0.717) is 0 Å². The van der Waals surface area contributed by atoms with Crippen LogP contribution in [0, 0.1) is 0 Å². The van der Waals surface area contributed by atoms with Crippen LogP contribution < -0.4 is 0 Å². The van der Waals surface area contributed by atoms with Crippen LogP contribution in [0.4, 0.5) is 0 Å². The number of hydrogen-bond acceptors (Lipinski definition) is 3. The fraction of sp³-hybridized carbons (Fsp3) is 0. The Morgan fingerprint density at radius 1 is 1.50 bits per heavy atom. The van der Waals surface area contributed by atoms with E-state index >= 15 is 0 Å². The predicted octanol–water partition coefficient (Wildman–Crippen LogP) is 0.402. The molecule has 0 aliphatic rings. The molecule has 0 bridgehead atoms. The van der Waals surface area contributed by atoms with Crippen molar-refractivity contribution in [1.29, 1.82) is 0 Å². The van der Waals surface area contributed by atoms with E-state index in [1.54, 1.807) is 0 Å². The second-order valence-electron chi connectivity index (χ2n) is 0.572. The normalized spacial score (nSPS) is 11.8. The Kier molecular flexibility index (Phi) is 2.59. The van der Waals surface area contributed by atoms with Gasteiger partial charge in [0.1, 0.15) is 0 Å². The molecule has 0 saturated carbocycles. The first-order chi connectivity index (χ1) is 2.56. The van der Waals surface area contributed by atoms with Crippen LogP contribution in [0.2, 0.25) is 0 Å². The summed E-state index contributed by atoms with van der Waals surface area (Å²) in [6.45, 7) is 0. The Hall–Kier alpha value is 0.880. The Balaban J connectivity index is 3.48. The van der Waals surface area contributed by atoms with E-state index in [1.807, 2.05) is 0 Å². The maximum absolute atomic E-state index is 8.02. The second-order valence-corrected chi connectivity index (χ2v) is 5.96. The summed E-state index contributed by atoms with van der Waals surface area (Å²) in [4.78, 5) is 16.0. The van der Waals surface area contributed by atoms with Crippen LogP contribution in [-0.2, 0) is 11.8 Å². The molecule has 6 heteroatoms. The van der Waals surface area contributed by atoms with Gasteiger partial charge >= 0.3 is 0 Å². The van der Waals surface area contributed by atoms with Crippen LogP contribution in [0.25, 0.3) is 0 Å². The van der Waals surface area contributed by atoms with E-state index in [1.165, 1.54) is 0 Å². The summed E-state index contributed by atoms with van der Waals surface area (Å²) in [7, 11) is 0. The molecule has 0 saturated heterocycles. The van der Waals surface area contributed by atoms with Gasteiger partial charge in [-0.3, -0.25) is 0 Å². The molecule has 0 aromatic heterocycles. The largest absolute Gasteiger partial charge is 0.336 e. The third-order valence-corrected chi connectivity index (χ3v) is 1.56. The zero-order chi connectivity index (χ0) is 5.21. The minimum atomic E-state index is -3.34.